The molecule has 3 nitrogen and oxygen atoms in total. The Hall–Kier alpha value is -0.860. The number of hydrogen-bond donors (Lipinski definition) is 0. The number of carbonyl (C=O) groups is 2. The summed E-state index contributed by atoms with van der Waals surface area (Å²) in [5.41, 5.74) is 0. The highest BCUT2D eigenvalue weighted by molar-refractivity contribution is 5.95. The van der Waals surface area contributed by atoms with Crippen LogP contribution in [0.5, 0.6) is 0 Å². The highest BCUT2D eigenvalue weighted by atomic mass is 16.5. The second-order valence-corrected chi connectivity index (χ2v) is 3.47. The van der Waals surface area contributed by atoms with Crippen LogP contribution in [0.1, 0.15) is 40.0 Å². The molecule has 0 unspecified atom stereocenters. The molecule has 0 aliphatic rings. The summed E-state index contributed by atoms with van der Waals surface area (Å²) < 4.78 is 4.87. The number of rotatable bonds is 6. The van der Waals surface area contributed by atoms with Gasteiger partial charge in [-0.3, -0.25) is 9.59 Å². The lowest BCUT2D eigenvalue weighted by atomic mass is 10.1. The molecule has 0 saturated carbocycles. The molecule has 0 aromatic rings. The fourth-order valence-electron chi connectivity index (χ4n) is 0.745. The Bertz CT molecular complexity index is 173. The van der Waals surface area contributed by atoms with Crippen molar-refractivity contribution >= 4 is 11.8 Å². The maximum absolute atomic E-state index is 11.0. The van der Waals surface area contributed by atoms with Gasteiger partial charge in [-0.1, -0.05) is 20.8 Å². The molecule has 0 rings (SSSR count). The van der Waals surface area contributed by atoms with Crippen molar-refractivity contribution in [1.82, 2.24) is 0 Å². The molecule has 0 aliphatic heterocycles. The number of carbonyl (C=O) groups excluding carboxylic acids is 2. The second kappa shape index (κ2) is 6.63. The summed E-state index contributed by atoms with van der Waals surface area (Å²) in [6.45, 7) is 6.29. The first kappa shape index (κ1) is 12.1. The van der Waals surface area contributed by atoms with E-state index in [1.165, 1.54) is 0 Å². The van der Waals surface area contributed by atoms with Crippen LogP contribution in [0.2, 0.25) is 0 Å². The fraction of sp³-hybridized carbons (Fsp3) is 0.800. The summed E-state index contributed by atoms with van der Waals surface area (Å²) in [5, 5.41) is 0. The minimum atomic E-state index is -0.396. The van der Waals surface area contributed by atoms with Crippen LogP contribution in [-0.4, -0.2) is 18.4 Å². The van der Waals surface area contributed by atoms with Crippen molar-refractivity contribution in [3.05, 3.63) is 0 Å². The summed E-state index contributed by atoms with van der Waals surface area (Å²) >= 11 is 0. The predicted molar refractivity (Wildman–Crippen MR) is 50.3 cm³/mol. The quantitative estimate of drug-likeness (QED) is 0.470. The summed E-state index contributed by atoms with van der Waals surface area (Å²) in [4.78, 5) is 21.8. The molecule has 76 valence electrons. The normalized spacial score (nSPS) is 10.2. The van der Waals surface area contributed by atoms with Gasteiger partial charge in [0.2, 0.25) is 0 Å². The molecule has 13 heavy (non-hydrogen) atoms. The average molecular weight is 186 g/mol. The smallest absolute Gasteiger partial charge is 0.313 e. The number of hydrogen-bond acceptors (Lipinski definition) is 3. The fourth-order valence-corrected chi connectivity index (χ4v) is 0.745. The molecule has 0 heterocycles. The first-order chi connectivity index (χ1) is 6.06. The molecule has 0 saturated heterocycles. The third kappa shape index (κ3) is 7.50. The van der Waals surface area contributed by atoms with Crippen molar-refractivity contribution in [2.45, 2.75) is 40.0 Å². The van der Waals surface area contributed by atoms with E-state index >= 15 is 0 Å². The first-order valence-electron chi connectivity index (χ1n) is 4.73. The van der Waals surface area contributed by atoms with Crippen LogP contribution < -0.4 is 0 Å². The molecule has 0 aromatic heterocycles. The molecule has 0 aromatic carbocycles. The SMILES string of the molecule is CCC(=O)CC(=O)OCCC(C)C. The zero-order chi connectivity index (χ0) is 10.3. The van der Waals surface area contributed by atoms with Gasteiger partial charge in [0.15, 0.2) is 0 Å². The van der Waals surface area contributed by atoms with E-state index in [4.69, 9.17) is 4.74 Å². The Morgan fingerprint density at radius 1 is 1.31 bits per heavy atom. The summed E-state index contributed by atoms with van der Waals surface area (Å²) in [6, 6.07) is 0. The third-order valence-electron chi connectivity index (χ3n) is 1.69. The molecule has 0 atom stereocenters. The lowest BCUT2D eigenvalue weighted by Gasteiger charge is -2.05. The lowest BCUT2D eigenvalue weighted by molar-refractivity contribution is -0.146. The molecule has 0 aliphatic carbocycles. The summed E-state index contributed by atoms with van der Waals surface area (Å²) in [5.74, 6) is 0.0664. The molecular weight excluding hydrogens is 168 g/mol. The zero-order valence-electron chi connectivity index (χ0n) is 8.63. The topological polar surface area (TPSA) is 43.4 Å². The van der Waals surface area contributed by atoms with Gasteiger partial charge in [-0.05, 0) is 12.3 Å². The molecule has 0 radical (unpaired) electrons. The van der Waals surface area contributed by atoms with E-state index in [1.54, 1.807) is 6.92 Å². The Balaban J connectivity index is 3.46. The van der Waals surface area contributed by atoms with Crippen molar-refractivity contribution in [3.63, 3.8) is 0 Å². The minimum absolute atomic E-state index is 0.0606. The van der Waals surface area contributed by atoms with Gasteiger partial charge < -0.3 is 4.74 Å². The minimum Gasteiger partial charge on any atom is -0.465 e. The first-order valence-corrected chi connectivity index (χ1v) is 4.73. The van der Waals surface area contributed by atoms with Gasteiger partial charge >= 0.3 is 5.97 Å². The molecule has 0 N–H and O–H groups in total. The van der Waals surface area contributed by atoms with Crippen molar-refractivity contribution in [1.29, 1.82) is 0 Å². The average Bonchev–Trinajstić information content (AvgIpc) is 2.03. The van der Waals surface area contributed by atoms with E-state index in [-0.39, 0.29) is 12.2 Å². The van der Waals surface area contributed by atoms with Crippen LogP contribution in [-0.2, 0) is 14.3 Å². The Kier molecular flexibility index (Phi) is 6.20. The monoisotopic (exact) mass is 186 g/mol. The number of ketones is 1. The summed E-state index contributed by atoms with van der Waals surface area (Å²) in [7, 11) is 0. The van der Waals surface area contributed by atoms with Crippen molar-refractivity contribution in [2.24, 2.45) is 5.92 Å². The van der Waals surface area contributed by atoms with Crippen molar-refractivity contribution in [2.75, 3.05) is 6.61 Å². The number of Topliss-reactive ketones (excluding diaryl/α,β-unsaturated/α-hetero) is 1. The van der Waals surface area contributed by atoms with E-state index in [0.29, 0.717) is 18.9 Å². The summed E-state index contributed by atoms with van der Waals surface area (Å²) in [6.07, 6.45) is 1.18. The van der Waals surface area contributed by atoms with Crippen LogP contribution in [0.3, 0.4) is 0 Å². The van der Waals surface area contributed by atoms with Crippen LogP contribution in [0.25, 0.3) is 0 Å². The Labute approximate surface area is 79.5 Å². The lowest BCUT2D eigenvalue weighted by Crippen LogP contribution is -2.12. The van der Waals surface area contributed by atoms with Gasteiger partial charge in [-0.2, -0.15) is 0 Å². The molecule has 0 fully saturated rings. The largest absolute Gasteiger partial charge is 0.465 e. The highest BCUT2D eigenvalue weighted by Gasteiger charge is 2.08. The predicted octanol–water partition coefficient (Wildman–Crippen LogP) is 1.94. The third-order valence-corrected chi connectivity index (χ3v) is 1.69. The van der Waals surface area contributed by atoms with Gasteiger partial charge in [0.1, 0.15) is 12.2 Å². The van der Waals surface area contributed by atoms with E-state index in [1.807, 2.05) is 0 Å². The Morgan fingerprint density at radius 3 is 2.38 bits per heavy atom. The Morgan fingerprint density at radius 2 is 1.92 bits per heavy atom. The van der Waals surface area contributed by atoms with Crippen molar-refractivity contribution < 1.29 is 14.3 Å². The highest BCUT2D eigenvalue weighted by Crippen LogP contribution is 2.00. The van der Waals surface area contributed by atoms with Gasteiger partial charge in [-0.15, -0.1) is 0 Å². The second-order valence-electron chi connectivity index (χ2n) is 3.47. The van der Waals surface area contributed by atoms with Gasteiger partial charge in [0.05, 0.1) is 6.61 Å². The standard InChI is InChI=1S/C10H18O3/c1-4-9(11)7-10(12)13-6-5-8(2)3/h8H,4-7H2,1-3H3. The zero-order valence-corrected chi connectivity index (χ0v) is 8.63. The van der Waals surface area contributed by atoms with E-state index < -0.39 is 5.97 Å². The van der Waals surface area contributed by atoms with Crippen LogP contribution >= 0.6 is 0 Å². The maximum atomic E-state index is 11.0. The van der Waals surface area contributed by atoms with Crippen LogP contribution in [0, 0.1) is 5.92 Å². The molecule has 0 bridgehead atoms. The van der Waals surface area contributed by atoms with Crippen molar-refractivity contribution in [3.8, 4) is 0 Å². The molecule has 3 heteroatoms. The van der Waals surface area contributed by atoms with E-state index in [2.05, 4.69) is 13.8 Å². The number of esters is 1. The van der Waals surface area contributed by atoms with E-state index in [9.17, 15) is 9.59 Å². The number of ether oxygens (including phenoxy) is 1. The van der Waals surface area contributed by atoms with Gasteiger partial charge in [-0.25, -0.2) is 0 Å². The van der Waals surface area contributed by atoms with Crippen LogP contribution in [0.15, 0.2) is 0 Å². The van der Waals surface area contributed by atoms with Gasteiger partial charge in [0, 0.05) is 6.42 Å². The van der Waals surface area contributed by atoms with Gasteiger partial charge in [0.25, 0.3) is 0 Å². The molecule has 0 amide bonds. The molecular formula is C10H18O3. The van der Waals surface area contributed by atoms with Crippen LogP contribution in [0.4, 0.5) is 0 Å². The maximum Gasteiger partial charge on any atom is 0.313 e. The van der Waals surface area contributed by atoms with E-state index in [0.717, 1.165) is 6.42 Å². The molecule has 0 spiro atoms.